The van der Waals surface area contributed by atoms with Crippen LogP contribution in [-0.2, 0) is 0 Å². The third kappa shape index (κ3) is 4.86. The molecule has 0 amide bonds. The van der Waals surface area contributed by atoms with E-state index >= 15 is 0 Å². The van der Waals surface area contributed by atoms with Crippen molar-refractivity contribution in [1.29, 1.82) is 0 Å². The maximum Gasteiger partial charge on any atom is 0.229 e. The average Bonchev–Trinajstić information content (AvgIpc) is 2.73. The van der Waals surface area contributed by atoms with Crippen molar-refractivity contribution < 1.29 is 14.6 Å². The monoisotopic (exact) mass is 366 g/mol. The Morgan fingerprint density at radius 2 is 1.78 bits per heavy atom. The third-order valence-corrected chi connectivity index (χ3v) is 4.00. The second-order valence-electron chi connectivity index (χ2n) is 5.78. The highest BCUT2D eigenvalue weighted by atomic mass is 16.5. The van der Waals surface area contributed by atoms with Gasteiger partial charge in [0, 0.05) is 11.9 Å². The van der Waals surface area contributed by atoms with Crippen molar-refractivity contribution in [1.82, 2.24) is 9.97 Å². The van der Waals surface area contributed by atoms with E-state index < -0.39 is 0 Å². The maximum absolute atomic E-state index is 9.78. The highest BCUT2D eigenvalue weighted by Crippen LogP contribution is 2.23. The number of nitrogens with zero attached hydrogens (tertiary/aromatic N) is 2. The lowest BCUT2D eigenvalue weighted by Crippen LogP contribution is -2.16. The fourth-order valence-corrected chi connectivity index (χ4v) is 2.57. The first-order valence-electron chi connectivity index (χ1n) is 8.47. The summed E-state index contributed by atoms with van der Waals surface area (Å²) in [5, 5.41) is 16.2. The molecule has 0 saturated carbocycles. The van der Waals surface area contributed by atoms with Crippen molar-refractivity contribution in [2.45, 2.75) is 6.04 Å². The van der Waals surface area contributed by atoms with E-state index in [1.165, 1.54) is 0 Å². The Hall–Kier alpha value is -3.32. The molecule has 7 nitrogen and oxygen atoms in total. The average molecular weight is 366 g/mol. The second kappa shape index (κ2) is 8.86. The lowest BCUT2D eigenvalue weighted by atomic mass is 10.1. The summed E-state index contributed by atoms with van der Waals surface area (Å²) in [6.07, 6.45) is 1.65. The molecule has 140 valence electrons. The fraction of sp³-hybridized carbons (Fsp3) is 0.200. The molecule has 0 radical (unpaired) electrons. The molecule has 3 rings (SSSR count). The van der Waals surface area contributed by atoms with Gasteiger partial charge in [-0.15, -0.1) is 0 Å². The number of hydrogen-bond acceptors (Lipinski definition) is 7. The molecular formula is C20H22N4O3. The quantitative estimate of drug-likeness (QED) is 0.563. The summed E-state index contributed by atoms with van der Waals surface area (Å²) in [6.45, 7) is -0.0849. The van der Waals surface area contributed by atoms with Crippen molar-refractivity contribution in [3.8, 4) is 11.5 Å². The molecule has 0 fully saturated rings. The molecule has 0 aliphatic heterocycles. The first kappa shape index (κ1) is 18.5. The van der Waals surface area contributed by atoms with Gasteiger partial charge in [0.25, 0.3) is 0 Å². The van der Waals surface area contributed by atoms with Crippen molar-refractivity contribution in [3.63, 3.8) is 0 Å². The van der Waals surface area contributed by atoms with Gasteiger partial charge in [0.1, 0.15) is 17.3 Å². The lowest BCUT2D eigenvalue weighted by molar-refractivity contribution is 0.276. The molecule has 27 heavy (non-hydrogen) atoms. The highest BCUT2D eigenvalue weighted by molar-refractivity contribution is 5.56. The molecule has 0 spiro atoms. The molecule has 7 heteroatoms. The smallest absolute Gasteiger partial charge is 0.229 e. The summed E-state index contributed by atoms with van der Waals surface area (Å²) in [7, 11) is 3.24. The molecule has 0 aliphatic rings. The first-order valence-corrected chi connectivity index (χ1v) is 8.47. The predicted molar refractivity (Wildman–Crippen MR) is 105 cm³/mol. The maximum atomic E-state index is 9.78. The number of ether oxygens (including phenoxy) is 2. The van der Waals surface area contributed by atoms with Crippen molar-refractivity contribution in [3.05, 3.63) is 66.4 Å². The second-order valence-corrected chi connectivity index (χ2v) is 5.78. The van der Waals surface area contributed by atoms with Crippen LogP contribution < -0.4 is 20.1 Å². The molecule has 2 aromatic carbocycles. The third-order valence-electron chi connectivity index (χ3n) is 4.00. The summed E-state index contributed by atoms with van der Waals surface area (Å²) in [4.78, 5) is 8.69. The van der Waals surface area contributed by atoms with Crippen LogP contribution in [0, 0.1) is 0 Å². The van der Waals surface area contributed by atoms with Gasteiger partial charge in [0.15, 0.2) is 0 Å². The standard InChI is InChI=1S/C20H22N4O3/c1-26-16-8-6-15(7-9-16)22-20-21-11-10-19(24-20)23-18(13-25)14-4-3-5-17(12-14)27-2/h3-12,18,25H,13H2,1-2H3,(H2,21,22,23,24). The number of methoxy groups -OCH3 is 2. The molecule has 1 heterocycles. The van der Waals surface area contributed by atoms with Crippen LogP contribution in [0.15, 0.2) is 60.8 Å². The van der Waals surface area contributed by atoms with Gasteiger partial charge in [-0.25, -0.2) is 4.98 Å². The minimum Gasteiger partial charge on any atom is -0.497 e. The van der Waals surface area contributed by atoms with Gasteiger partial charge >= 0.3 is 0 Å². The Kier molecular flexibility index (Phi) is 6.06. The number of benzene rings is 2. The van der Waals surface area contributed by atoms with Crippen LogP contribution in [0.25, 0.3) is 0 Å². The first-order chi connectivity index (χ1) is 13.2. The van der Waals surface area contributed by atoms with Crippen molar-refractivity contribution in [2.24, 2.45) is 0 Å². The Morgan fingerprint density at radius 1 is 1.00 bits per heavy atom. The molecule has 0 bridgehead atoms. The SMILES string of the molecule is COc1ccc(Nc2nccc(NC(CO)c3cccc(OC)c3)n2)cc1. The zero-order valence-corrected chi connectivity index (χ0v) is 15.2. The predicted octanol–water partition coefficient (Wildman–Crippen LogP) is 3.38. The normalized spacial score (nSPS) is 11.5. The highest BCUT2D eigenvalue weighted by Gasteiger charge is 2.12. The molecule has 1 unspecified atom stereocenters. The van der Waals surface area contributed by atoms with E-state index in [4.69, 9.17) is 9.47 Å². The van der Waals surface area contributed by atoms with Gasteiger partial charge in [-0.05, 0) is 48.0 Å². The van der Waals surface area contributed by atoms with Gasteiger partial charge in [-0.3, -0.25) is 0 Å². The van der Waals surface area contributed by atoms with E-state index in [1.807, 2.05) is 48.5 Å². The van der Waals surface area contributed by atoms with Gasteiger partial charge < -0.3 is 25.2 Å². The van der Waals surface area contributed by atoms with E-state index in [-0.39, 0.29) is 12.6 Å². The summed E-state index contributed by atoms with van der Waals surface area (Å²) in [6, 6.07) is 16.5. The van der Waals surface area contributed by atoms with Crippen LogP contribution in [0.5, 0.6) is 11.5 Å². The van der Waals surface area contributed by atoms with Crippen molar-refractivity contribution >= 4 is 17.5 Å². The number of hydrogen-bond donors (Lipinski definition) is 3. The molecule has 0 aliphatic carbocycles. The summed E-state index contributed by atoms with van der Waals surface area (Å²) >= 11 is 0. The number of aromatic nitrogens is 2. The van der Waals surface area contributed by atoms with E-state index in [2.05, 4.69) is 20.6 Å². The van der Waals surface area contributed by atoms with Crippen LogP contribution in [0.4, 0.5) is 17.5 Å². The minimum atomic E-state index is -0.316. The lowest BCUT2D eigenvalue weighted by Gasteiger charge is -2.18. The summed E-state index contributed by atoms with van der Waals surface area (Å²) < 4.78 is 10.4. The Morgan fingerprint density at radius 3 is 2.48 bits per heavy atom. The number of nitrogens with one attached hydrogen (secondary N) is 2. The van der Waals surface area contributed by atoms with Crippen LogP contribution in [-0.4, -0.2) is 35.9 Å². The van der Waals surface area contributed by atoms with E-state index in [0.717, 1.165) is 22.7 Å². The van der Waals surface area contributed by atoms with E-state index in [0.29, 0.717) is 11.8 Å². The van der Waals surface area contributed by atoms with Crippen LogP contribution >= 0.6 is 0 Å². The van der Waals surface area contributed by atoms with Crippen LogP contribution in [0.3, 0.4) is 0 Å². The zero-order valence-electron chi connectivity index (χ0n) is 15.2. The molecule has 3 aromatic rings. The number of aliphatic hydroxyl groups is 1. The van der Waals surface area contributed by atoms with Gasteiger partial charge in [-0.1, -0.05) is 12.1 Å². The minimum absolute atomic E-state index is 0.0849. The molecule has 3 N–H and O–H groups in total. The van der Waals surface area contributed by atoms with E-state index in [9.17, 15) is 5.11 Å². The van der Waals surface area contributed by atoms with Gasteiger partial charge in [-0.2, -0.15) is 4.98 Å². The Bertz CT molecular complexity index is 871. The topological polar surface area (TPSA) is 88.5 Å². The fourth-order valence-electron chi connectivity index (χ4n) is 2.57. The van der Waals surface area contributed by atoms with Crippen LogP contribution in [0.1, 0.15) is 11.6 Å². The summed E-state index contributed by atoms with van der Waals surface area (Å²) in [5.74, 6) is 2.56. The van der Waals surface area contributed by atoms with Gasteiger partial charge in [0.05, 0.1) is 26.9 Å². The summed E-state index contributed by atoms with van der Waals surface area (Å²) in [5.41, 5.74) is 1.75. The van der Waals surface area contributed by atoms with Crippen LogP contribution in [0.2, 0.25) is 0 Å². The number of anilines is 3. The molecule has 0 saturated heterocycles. The van der Waals surface area contributed by atoms with E-state index in [1.54, 1.807) is 26.5 Å². The Labute approximate surface area is 158 Å². The Balaban J connectivity index is 1.73. The van der Waals surface area contributed by atoms with Gasteiger partial charge in [0.2, 0.25) is 5.95 Å². The number of aliphatic hydroxyl groups excluding tert-OH is 1. The van der Waals surface area contributed by atoms with Crippen molar-refractivity contribution in [2.75, 3.05) is 31.5 Å². The largest absolute Gasteiger partial charge is 0.497 e. The molecule has 1 aromatic heterocycles. The molecular weight excluding hydrogens is 344 g/mol. The molecule has 1 atom stereocenters. The number of rotatable bonds is 8. The zero-order chi connectivity index (χ0) is 19.1.